The summed E-state index contributed by atoms with van der Waals surface area (Å²) in [6.07, 6.45) is 1.38. The first-order chi connectivity index (χ1) is 6.50. The maximum atomic E-state index is 10.5. The SMILES string of the molecule is C/C(=C\c1ccc(Cl)cc1O)C(=O)O. The number of benzene rings is 1. The molecule has 74 valence electrons. The smallest absolute Gasteiger partial charge is 0.331 e. The second-order valence-electron chi connectivity index (χ2n) is 2.84. The zero-order chi connectivity index (χ0) is 10.7. The van der Waals surface area contributed by atoms with Crippen molar-refractivity contribution in [2.45, 2.75) is 6.92 Å². The van der Waals surface area contributed by atoms with E-state index in [1.165, 1.54) is 19.1 Å². The van der Waals surface area contributed by atoms with Crippen LogP contribution in [0.1, 0.15) is 12.5 Å². The number of phenolic OH excluding ortho intramolecular Hbond substituents is 1. The Hall–Kier alpha value is -1.48. The average Bonchev–Trinajstić information content (AvgIpc) is 2.09. The highest BCUT2D eigenvalue weighted by atomic mass is 35.5. The molecule has 0 heterocycles. The predicted molar refractivity (Wildman–Crippen MR) is 54.4 cm³/mol. The molecule has 1 rings (SSSR count). The fourth-order valence-corrected chi connectivity index (χ4v) is 1.10. The summed E-state index contributed by atoms with van der Waals surface area (Å²) in [4.78, 5) is 10.5. The van der Waals surface area contributed by atoms with Crippen molar-refractivity contribution >= 4 is 23.6 Å². The number of carboxylic acid groups (broad SMARTS) is 1. The molecule has 0 saturated carbocycles. The normalized spacial score (nSPS) is 11.4. The van der Waals surface area contributed by atoms with E-state index in [1.807, 2.05) is 0 Å². The summed E-state index contributed by atoms with van der Waals surface area (Å²) in [6.45, 7) is 1.45. The lowest BCUT2D eigenvalue weighted by molar-refractivity contribution is -0.132. The van der Waals surface area contributed by atoms with Crippen molar-refractivity contribution in [1.82, 2.24) is 0 Å². The number of hydrogen-bond acceptors (Lipinski definition) is 2. The van der Waals surface area contributed by atoms with Gasteiger partial charge in [0.15, 0.2) is 0 Å². The van der Waals surface area contributed by atoms with Gasteiger partial charge in [-0.05, 0) is 31.2 Å². The first kappa shape index (κ1) is 10.6. The zero-order valence-corrected chi connectivity index (χ0v) is 8.25. The minimum atomic E-state index is -1.01. The summed E-state index contributed by atoms with van der Waals surface area (Å²) >= 11 is 5.62. The fraction of sp³-hybridized carbons (Fsp3) is 0.100. The zero-order valence-electron chi connectivity index (χ0n) is 7.49. The van der Waals surface area contributed by atoms with Crippen molar-refractivity contribution in [2.24, 2.45) is 0 Å². The van der Waals surface area contributed by atoms with Crippen LogP contribution in [0, 0.1) is 0 Å². The topological polar surface area (TPSA) is 57.5 Å². The molecule has 0 atom stereocenters. The van der Waals surface area contributed by atoms with Gasteiger partial charge in [-0.25, -0.2) is 4.79 Å². The third-order valence-corrected chi connectivity index (χ3v) is 1.94. The molecule has 0 fully saturated rings. The fourth-order valence-electron chi connectivity index (χ4n) is 0.934. The Labute approximate surface area is 86.3 Å². The number of aromatic hydroxyl groups is 1. The maximum absolute atomic E-state index is 10.5. The van der Waals surface area contributed by atoms with Gasteiger partial charge in [-0.1, -0.05) is 11.6 Å². The molecule has 1 aromatic rings. The number of rotatable bonds is 2. The molecule has 0 aliphatic rings. The summed E-state index contributed by atoms with van der Waals surface area (Å²) in [7, 11) is 0. The Balaban J connectivity index is 3.09. The molecule has 3 nitrogen and oxygen atoms in total. The number of aliphatic carboxylic acids is 1. The molecule has 0 amide bonds. The molecule has 0 spiro atoms. The van der Waals surface area contributed by atoms with Crippen LogP contribution in [0.15, 0.2) is 23.8 Å². The van der Waals surface area contributed by atoms with Gasteiger partial charge < -0.3 is 10.2 Å². The van der Waals surface area contributed by atoms with Crippen LogP contribution in [0.2, 0.25) is 5.02 Å². The van der Waals surface area contributed by atoms with Crippen molar-refractivity contribution < 1.29 is 15.0 Å². The number of halogens is 1. The molecule has 0 aliphatic carbocycles. The van der Waals surface area contributed by atoms with Gasteiger partial charge in [0.2, 0.25) is 0 Å². The van der Waals surface area contributed by atoms with Crippen LogP contribution in [0.5, 0.6) is 5.75 Å². The van der Waals surface area contributed by atoms with Gasteiger partial charge in [0, 0.05) is 16.2 Å². The second kappa shape index (κ2) is 4.15. The minimum absolute atomic E-state index is 0.0295. The van der Waals surface area contributed by atoms with Crippen molar-refractivity contribution in [1.29, 1.82) is 0 Å². The average molecular weight is 213 g/mol. The van der Waals surface area contributed by atoms with Crippen LogP contribution in [0.4, 0.5) is 0 Å². The second-order valence-corrected chi connectivity index (χ2v) is 3.27. The van der Waals surface area contributed by atoms with Gasteiger partial charge in [-0.15, -0.1) is 0 Å². The highest BCUT2D eigenvalue weighted by molar-refractivity contribution is 6.30. The third-order valence-electron chi connectivity index (χ3n) is 1.70. The highest BCUT2D eigenvalue weighted by Gasteiger charge is 2.03. The van der Waals surface area contributed by atoms with Crippen molar-refractivity contribution in [3.8, 4) is 5.75 Å². The van der Waals surface area contributed by atoms with E-state index in [4.69, 9.17) is 16.7 Å². The first-order valence-electron chi connectivity index (χ1n) is 3.91. The summed E-state index contributed by atoms with van der Waals surface area (Å²) in [5.74, 6) is -1.04. The van der Waals surface area contributed by atoms with E-state index in [1.54, 1.807) is 12.1 Å². The van der Waals surface area contributed by atoms with E-state index < -0.39 is 5.97 Å². The first-order valence-corrected chi connectivity index (χ1v) is 4.28. The summed E-state index contributed by atoms with van der Waals surface area (Å²) < 4.78 is 0. The number of carboxylic acids is 1. The van der Waals surface area contributed by atoms with E-state index in [-0.39, 0.29) is 11.3 Å². The predicted octanol–water partition coefficient (Wildman–Crippen LogP) is 2.53. The van der Waals surface area contributed by atoms with Gasteiger partial charge in [-0.3, -0.25) is 0 Å². The molecule has 14 heavy (non-hydrogen) atoms. The van der Waals surface area contributed by atoms with Crippen LogP contribution in [-0.2, 0) is 4.79 Å². The molecule has 2 N–H and O–H groups in total. The number of phenols is 1. The monoisotopic (exact) mass is 212 g/mol. The largest absolute Gasteiger partial charge is 0.507 e. The lowest BCUT2D eigenvalue weighted by Gasteiger charge is -2.00. The van der Waals surface area contributed by atoms with Gasteiger partial charge in [0.1, 0.15) is 5.75 Å². The van der Waals surface area contributed by atoms with E-state index >= 15 is 0 Å². The van der Waals surface area contributed by atoms with Crippen LogP contribution < -0.4 is 0 Å². The standard InChI is InChI=1S/C10H9ClO3/c1-6(10(13)14)4-7-2-3-8(11)5-9(7)12/h2-5,12H,1H3,(H,13,14)/b6-4+. The summed E-state index contributed by atoms with van der Waals surface area (Å²) in [6, 6.07) is 4.51. The Morgan fingerprint density at radius 3 is 2.64 bits per heavy atom. The molecule has 0 saturated heterocycles. The molecular formula is C10H9ClO3. The highest BCUT2D eigenvalue weighted by Crippen LogP contribution is 2.23. The van der Waals surface area contributed by atoms with Gasteiger partial charge in [0.25, 0.3) is 0 Å². The van der Waals surface area contributed by atoms with Crippen LogP contribution >= 0.6 is 11.6 Å². The Bertz CT molecular complexity index is 396. The van der Waals surface area contributed by atoms with Crippen LogP contribution in [0.3, 0.4) is 0 Å². The van der Waals surface area contributed by atoms with E-state index in [2.05, 4.69) is 0 Å². The van der Waals surface area contributed by atoms with Crippen LogP contribution in [-0.4, -0.2) is 16.2 Å². The summed E-state index contributed by atoms with van der Waals surface area (Å²) in [5.41, 5.74) is 0.594. The number of carbonyl (C=O) groups is 1. The van der Waals surface area contributed by atoms with Crippen LogP contribution in [0.25, 0.3) is 6.08 Å². The quantitative estimate of drug-likeness (QED) is 0.741. The van der Waals surface area contributed by atoms with Crippen molar-refractivity contribution in [2.75, 3.05) is 0 Å². The molecule has 0 unspecified atom stereocenters. The maximum Gasteiger partial charge on any atom is 0.331 e. The molecule has 4 heteroatoms. The third kappa shape index (κ3) is 2.50. The molecule has 0 aromatic heterocycles. The molecule has 0 radical (unpaired) electrons. The van der Waals surface area contributed by atoms with Gasteiger partial charge in [0.05, 0.1) is 0 Å². The van der Waals surface area contributed by atoms with Gasteiger partial charge in [-0.2, -0.15) is 0 Å². The summed E-state index contributed by atoms with van der Waals surface area (Å²) in [5, 5.41) is 18.4. The Kier molecular flexibility index (Phi) is 3.14. The van der Waals surface area contributed by atoms with E-state index in [0.29, 0.717) is 10.6 Å². The molecular weight excluding hydrogens is 204 g/mol. The van der Waals surface area contributed by atoms with Crippen molar-refractivity contribution in [3.63, 3.8) is 0 Å². The Morgan fingerprint density at radius 1 is 1.50 bits per heavy atom. The lowest BCUT2D eigenvalue weighted by atomic mass is 10.1. The lowest BCUT2D eigenvalue weighted by Crippen LogP contribution is -1.95. The molecule has 0 bridgehead atoms. The minimum Gasteiger partial charge on any atom is -0.507 e. The number of hydrogen-bond donors (Lipinski definition) is 2. The molecule has 1 aromatic carbocycles. The van der Waals surface area contributed by atoms with E-state index in [0.717, 1.165) is 0 Å². The van der Waals surface area contributed by atoms with E-state index in [9.17, 15) is 9.90 Å². The molecule has 0 aliphatic heterocycles. The Morgan fingerprint density at radius 2 is 2.14 bits per heavy atom. The van der Waals surface area contributed by atoms with Crippen molar-refractivity contribution in [3.05, 3.63) is 34.4 Å². The van der Waals surface area contributed by atoms with Gasteiger partial charge >= 0.3 is 5.97 Å².